The van der Waals surface area contributed by atoms with Gasteiger partial charge in [0.25, 0.3) is 0 Å². The van der Waals surface area contributed by atoms with Gasteiger partial charge in [0.1, 0.15) is 5.71 Å². The number of Topliss-reactive ketones (excluding diaryl/α,β-unsaturated/α-hetero) is 1. The highest BCUT2D eigenvalue weighted by Gasteiger charge is 2.31. The van der Waals surface area contributed by atoms with Gasteiger partial charge >= 0.3 is 0 Å². The van der Waals surface area contributed by atoms with Gasteiger partial charge in [0.15, 0.2) is 0 Å². The quantitative estimate of drug-likeness (QED) is 0.400. The van der Waals surface area contributed by atoms with Gasteiger partial charge in [-0.2, -0.15) is 5.10 Å². The summed E-state index contributed by atoms with van der Waals surface area (Å²) in [7, 11) is 0. The molecule has 1 aliphatic rings. The third-order valence-corrected chi connectivity index (χ3v) is 5.53. The number of hydrogen-bond donors (Lipinski definition) is 1. The monoisotopic (exact) mass is 364 g/mol. The summed E-state index contributed by atoms with van der Waals surface area (Å²) in [5.74, 6) is -0.0863. The topological polar surface area (TPSA) is 41.5 Å². The molecule has 0 saturated heterocycles. The second kappa shape index (κ2) is 6.61. The van der Waals surface area contributed by atoms with Crippen LogP contribution in [-0.2, 0) is 0 Å². The SMILES string of the molecule is Cc1ccc(C(=O)C2=NNCC2c2c3ccccc3cc3ccccc23)cc1. The van der Waals surface area contributed by atoms with E-state index < -0.39 is 0 Å². The van der Waals surface area contributed by atoms with Crippen molar-refractivity contribution in [2.75, 3.05) is 6.54 Å². The van der Waals surface area contributed by atoms with E-state index in [2.05, 4.69) is 65.1 Å². The van der Waals surface area contributed by atoms with Crippen LogP contribution in [0.4, 0.5) is 0 Å². The van der Waals surface area contributed by atoms with Gasteiger partial charge < -0.3 is 5.43 Å². The predicted molar refractivity (Wildman–Crippen MR) is 115 cm³/mol. The molecule has 1 atom stereocenters. The van der Waals surface area contributed by atoms with Crippen molar-refractivity contribution in [2.24, 2.45) is 5.10 Å². The molecule has 3 nitrogen and oxygen atoms in total. The average molecular weight is 364 g/mol. The highest BCUT2D eigenvalue weighted by Crippen LogP contribution is 2.36. The van der Waals surface area contributed by atoms with Crippen molar-refractivity contribution in [1.82, 2.24) is 5.43 Å². The van der Waals surface area contributed by atoms with Crippen molar-refractivity contribution in [3.63, 3.8) is 0 Å². The first kappa shape index (κ1) is 16.7. The lowest BCUT2D eigenvalue weighted by Crippen LogP contribution is -2.22. The normalized spacial score (nSPS) is 16.2. The standard InChI is InChI=1S/C25H20N2O/c1-16-10-12-17(13-11-16)25(28)24-22(15-26-27-24)23-20-8-4-2-6-18(20)14-19-7-3-5-9-21(19)23/h2-14,22,26H,15H2,1H3. The van der Waals surface area contributed by atoms with Gasteiger partial charge in [-0.1, -0.05) is 78.4 Å². The number of hydrazone groups is 1. The molecule has 0 saturated carbocycles. The van der Waals surface area contributed by atoms with E-state index in [4.69, 9.17) is 0 Å². The lowest BCUT2D eigenvalue weighted by Gasteiger charge is -2.18. The summed E-state index contributed by atoms with van der Waals surface area (Å²) in [6.07, 6.45) is 0. The maximum absolute atomic E-state index is 13.2. The van der Waals surface area contributed by atoms with Crippen LogP contribution in [0.2, 0.25) is 0 Å². The zero-order valence-electron chi connectivity index (χ0n) is 15.6. The van der Waals surface area contributed by atoms with E-state index in [-0.39, 0.29) is 11.7 Å². The van der Waals surface area contributed by atoms with Gasteiger partial charge in [-0.05, 0) is 40.1 Å². The van der Waals surface area contributed by atoms with Crippen molar-refractivity contribution in [3.8, 4) is 0 Å². The van der Waals surface area contributed by atoms with Crippen molar-refractivity contribution in [2.45, 2.75) is 12.8 Å². The van der Waals surface area contributed by atoms with Crippen LogP contribution >= 0.6 is 0 Å². The van der Waals surface area contributed by atoms with E-state index in [1.54, 1.807) is 0 Å². The summed E-state index contributed by atoms with van der Waals surface area (Å²) in [6.45, 7) is 2.65. The maximum Gasteiger partial charge on any atom is 0.209 e. The largest absolute Gasteiger partial charge is 0.309 e. The Morgan fingerprint density at radius 1 is 0.893 bits per heavy atom. The maximum atomic E-state index is 13.2. The number of aryl methyl sites for hydroxylation is 1. The van der Waals surface area contributed by atoms with Crippen LogP contribution in [0, 0.1) is 6.92 Å². The number of nitrogens with one attached hydrogen (secondary N) is 1. The van der Waals surface area contributed by atoms with Crippen LogP contribution in [0.1, 0.15) is 27.4 Å². The molecule has 3 heteroatoms. The number of ketones is 1. The molecule has 1 N–H and O–H groups in total. The lowest BCUT2D eigenvalue weighted by atomic mass is 9.84. The molecule has 0 spiro atoms. The van der Waals surface area contributed by atoms with E-state index in [1.807, 2.05) is 31.2 Å². The van der Waals surface area contributed by atoms with Crippen LogP contribution in [0.3, 0.4) is 0 Å². The third-order valence-electron chi connectivity index (χ3n) is 5.53. The first-order valence-electron chi connectivity index (χ1n) is 9.54. The molecule has 0 aromatic heterocycles. The van der Waals surface area contributed by atoms with Crippen molar-refractivity contribution < 1.29 is 4.79 Å². The molecule has 4 aromatic carbocycles. The van der Waals surface area contributed by atoms with Crippen LogP contribution in [-0.4, -0.2) is 18.0 Å². The minimum Gasteiger partial charge on any atom is -0.309 e. The molecule has 1 unspecified atom stereocenters. The van der Waals surface area contributed by atoms with E-state index >= 15 is 0 Å². The molecular weight excluding hydrogens is 344 g/mol. The zero-order valence-corrected chi connectivity index (χ0v) is 15.6. The molecular formula is C25H20N2O. The summed E-state index contributed by atoms with van der Waals surface area (Å²) in [6, 6.07) is 26.7. The Balaban J connectivity index is 1.69. The molecule has 28 heavy (non-hydrogen) atoms. The highest BCUT2D eigenvalue weighted by molar-refractivity contribution is 6.48. The number of rotatable bonds is 3. The minimum atomic E-state index is -0.0789. The van der Waals surface area contributed by atoms with Crippen molar-refractivity contribution in [3.05, 3.63) is 95.6 Å². The lowest BCUT2D eigenvalue weighted by molar-refractivity contribution is 0.106. The van der Waals surface area contributed by atoms with E-state index in [0.29, 0.717) is 17.8 Å². The van der Waals surface area contributed by atoms with Gasteiger partial charge in [0, 0.05) is 12.1 Å². The highest BCUT2D eigenvalue weighted by atomic mass is 16.1. The molecule has 1 heterocycles. The summed E-state index contributed by atoms with van der Waals surface area (Å²) < 4.78 is 0. The number of hydrogen-bond acceptors (Lipinski definition) is 3. The first-order chi connectivity index (χ1) is 13.7. The Kier molecular flexibility index (Phi) is 3.94. The number of benzene rings is 4. The number of carbonyl (C=O) groups excluding carboxylic acids is 1. The average Bonchev–Trinajstić information content (AvgIpc) is 3.21. The van der Waals surface area contributed by atoms with Gasteiger partial charge in [-0.25, -0.2) is 0 Å². The van der Waals surface area contributed by atoms with Crippen LogP contribution < -0.4 is 5.43 Å². The third kappa shape index (κ3) is 2.67. The number of carbonyl (C=O) groups is 1. The second-order valence-corrected chi connectivity index (χ2v) is 7.34. The fourth-order valence-electron chi connectivity index (χ4n) is 4.12. The fraction of sp³-hybridized carbons (Fsp3) is 0.120. The fourth-order valence-corrected chi connectivity index (χ4v) is 4.12. The van der Waals surface area contributed by atoms with E-state index in [0.717, 1.165) is 5.56 Å². The Bertz CT molecular complexity index is 1180. The molecule has 1 aliphatic heterocycles. The Hall–Kier alpha value is -3.46. The summed E-state index contributed by atoms with van der Waals surface area (Å²) in [4.78, 5) is 13.2. The van der Waals surface area contributed by atoms with E-state index in [1.165, 1.54) is 27.1 Å². The van der Waals surface area contributed by atoms with Gasteiger partial charge in [0.2, 0.25) is 5.78 Å². The Morgan fingerprint density at radius 3 is 2.14 bits per heavy atom. The van der Waals surface area contributed by atoms with E-state index in [9.17, 15) is 4.79 Å². The Labute approximate surface area is 163 Å². The number of nitrogens with zero attached hydrogens (tertiary/aromatic N) is 1. The van der Waals surface area contributed by atoms with Crippen molar-refractivity contribution in [1.29, 1.82) is 0 Å². The van der Waals surface area contributed by atoms with Crippen LogP contribution in [0.15, 0.2) is 84.0 Å². The van der Waals surface area contributed by atoms with Gasteiger partial charge in [-0.3, -0.25) is 4.79 Å². The molecule has 136 valence electrons. The molecule has 0 amide bonds. The minimum absolute atomic E-state index is 0.00739. The van der Waals surface area contributed by atoms with Gasteiger partial charge in [-0.15, -0.1) is 0 Å². The molecule has 5 rings (SSSR count). The summed E-state index contributed by atoms with van der Waals surface area (Å²) in [5, 5.41) is 9.15. The zero-order chi connectivity index (χ0) is 19.1. The summed E-state index contributed by atoms with van der Waals surface area (Å²) in [5.41, 5.74) is 6.67. The van der Waals surface area contributed by atoms with Crippen molar-refractivity contribution >= 4 is 33.0 Å². The predicted octanol–water partition coefficient (Wildman–Crippen LogP) is 5.23. The molecule has 4 aromatic rings. The molecule has 0 bridgehead atoms. The second-order valence-electron chi connectivity index (χ2n) is 7.34. The smallest absolute Gasteiger partial charge is 0.209 e. The number of fused-ring (bicyclic) bond motifs is 2. The van der Waals surface area contributed by atoms with Crippen LogP contribution in [0.5, 0.6) is 0 Å². The molecule has 0 aliphatic carbocycles. The van der Waals surface area contributed by atoms with Gasteiger partial charge in [0.05, 0.1) is 5.92 Å². The molecule has 0 radical (unpaired) electrons. The Morgan fingerprint density at radius 2 is 1.50 bits per heavy atom. The molecule has 0 fully saturated rings. The first-order valence-corrected chi connectivity index (χ1v) is 9.54. The summed E-state index contributed by atoms with van der Waals surface area (Å²) >= 11 is 0. The van der Waals surface area contributed by atoms with Crippen LogP contribution in [0.25, 0.3) is 21.5 Å².